The number of benzene rings is 2. The maximum absolute atomic E-state index is 14.9. The van der Waals surface area contributed by atoms with E-state index in [1.165, 1.54) is 10.6 Å². The number of hydrogen-bond acceptors (Lipinski definition) is 4. The second-order valence-corrected chi connectivity index (χ2v) is 7.16. The van der Waals surface area contributed by atoms with Crippen molar-refractivity contribution >= 4 is 10.8 Å². The van der Waals surface area contributed by atoms with E-state index in [1.807, 2.05) is 6.92 Å². The Hall–Kier alpha value is -2.70. The monoisotopic (exact) mass is 383 g/mol. The number of rotatable bonds is 3. The Labute approximate surface area is 161 Å². The summed E-state index contributed by atoms with van der Waals surface area (Å²) >= 11 is 0. The van der Waals surface area contributed by atoms with Crippen LogP contribution in [0.5, 0.6) is 5.75 Å². The number of aliphatic hydroxyl groups is 2. The Morgan fingerprint density at radius 3 is 2.71 bits per heavy atom. The van der Waals surface area contributed by atoms with Crippen molar-refractivity contribution in [1.29, 1.82) is 0 Å². The zero-order valence-electron chi connectivity index (χ0n) is 15.8. The Balaban J connectivity index is 2.17. The van der Waals surface area contributed by atoms with Crippen LogP contribution in [0, 0.1) is 12.7 Å². The molecular weight excluding hydrogens is 361 g/mol. The van der Waals surface area contributed by atoms with E-state index in [2.05, 4.69) is 0 Å². The molecule has 146 valence electrons. The summed E-state index contributed by atoms with van der Waals surface area (Å²) in [4.78, 5) is 12.8. The average Bonchev–Trinajstić information content (AvgIpc) is 2.73. The minimum absolute atomic E-state index is 0.269. The predicted molar refractivity (Wildman–Crippen MR) is 105 cm³/mol. The second-order valence-electron chi connectivity index (χ2n) is 7.16. The van der Waals surface area contributed by atoms with Crippen LogP contribution in [0.1, 0.15) is 29.3 Å². The van der Waals surface area contributed by atoms with Gasteiger partial charge in [0.2, 0.25) is 0 Å². The fraction of sp³-hybridized carbons (Fsp3) is 0.318. The van der Waals surface area contributed by atoms with E-state index in [-0.39, 0.29) is 17.0 Å². The molecule has 1 atom stereocenters. The molecule has 4 rings (SSSR count). The number of ether oxygens (including phenoxy) is 1. The highest BCUT2D eigenvalue weighted by atomic mass is 19.1. The topological polar surface area (TPSA) is 71.7 Å². The molecule has 5 nitrogen and oxygen atoms in total. The minimum Gasteiger partial charge on any atom is -0.490 e. The van der Waals surface area contributed by atoms with Gasteiger partial charge in [-0.3, -0.25) is 4.79 Å². The lowest BCUT2D eigenvalue weighted by Gasteiger charge is -2.25. The highest BCUT2D eigenvalue weighted by Crippen LogP contribution is 2.41. The molecule has 1 aliphatic heterocycles. The Morgan fingerprint density at radius 2 is 2.00 bits per heavy atom. The Kier molecular flexibility index (Phi) is 4.69. The maximum atomic E-state index is 14.9. The lowest BCUT2D eigenvalue weighted by molar-refractivity contribution is 0.0898. The normalized spacial score (nSPS) is 14.6. The largest absolute Gasteiger partial charge is 0.490 e. The van der Waals surface area contributed by atoms with Crippen molar-refractivity contribution in [3.63, 3.8) is 0 Å². The summed E-state index contributed by atoms with van der Waals surface area (Å²) in [5.41, 5.74) is 2.81. The first-order valence-electron chi connectivity index (χ1n) is 9.31. The molecule has 0 saturated carbocycles. The van der Waals surface area contributed by atoms with Gasteiger partial charge in [-0.25, -0.2) is 4.39 Å². The SMILES string of the molecule is Cc1c(-c2c([C@H](O)CO)n(C)c(=O)c3ccccc23)cc(F)c2c1CCCO2. The standard InChI is InChI=1S/C22H22FNO4/c1-12-13-8-5-9-28-21(13)17(23)10-16(12)19-14-6-3-4-7-15(14)22(27)24(2)20(19)18(26)11-25/h3-4,6-7,10,18,25-26H,5,8-9,11H2,1-2H3/t18-/m1/s1. The van der Waals surface area contributed by atoms with Crippen molar-refractivity contribution < 1.29 is 19.3 Å². The third-order valence-corrected chi connectivity index (χ3v) is 5.54. The van der Waals surface area contributed by atoms with Crippen molar-refractivity contribution in [3.8, 4) is 16.9 Å². The first kappa shape index (κ1) is 18.7. The number of hydrogen-bond donors (Lipinski definition) is 2. The lowest BCUT2D eigenvalue weighted by atomic mass is 9.88. The third-order valence-electron chi connectivity index (χ3n) is 5.54. The molecule has 6 heteroatoms. The maximum Gasteiger partial charge on any atom is 0.258 e. The summed E-state index contributed by atoms with van der Waals surface area (Å²) in [6, 6.07) is 8.47. The van der Waals surface area contributed by atoms with Crippen LogP contribution in [0.15, 0.2) is 35.1 Å². The van der Waals surface area contributed by atoms with Crippen LogP contribution < -0.4 is 10.3 Å². The lowest BCUT2D eigenvalue weighted by Crippen LogP contribution is -2.25. The molecule has 1 aliphatic rings. The second kappa shape index (κ2) is 7.04. The van der Waals surface area contributed by atoms with Crippen molar-refractivity contribution in [2.24, 2.45) is 7.05 Å². The smallest absolute Gasteiger partial charge is 0.258 e. The molecule has 2 heterocycles. The van der Waals surface area contributed by atoms with Crippen LogP contribution in [-0.4, -0.2) is 28.0 Å². The van der Waals surface area contributed by atoms with Gasteiger partial charge in [-0.2, -0.15) is 0 Å². The van der Waals surface area contributed by atoms with Crippen molar-refractivity contribution in [2.45, 2.75) is 25.9 Å². The summed E-state index contributed by atoms with van der Waals surface area (Å²) in [7, 11) is 1.56. The van der Waals surface area contributed by atoms with E-state index in [9.17, 15) is 19.4 Å². The van der Waals surface area contributed by atoms with Gasteiger partial charge in [0.1, 0.15) is 6.10 Å². The van der Waals surface area contributed by atoms with Gasteiger partial charge in [0, 0.05) is 23.6 Å². The van der Waals surface area contributed by atoms with E-state index in [1.54, 1.807) is 31.3 Å². The van der Waals surface area contributed by atoms with Crippen molar-refractivity contribution in [3.05, 3.63) is 63.3 Å². The summed E-state index contributed by atoms with van der Waals surface area (Å²) in [6.45, 7) is 1.84. The summed E-state index contributed by atoms with van der Waals surface area (Å²) < 4.78 is 21.8. The molecule has 0 radical (unpaired) electrons. The van der Waals surface area contributed by atoms with Gasteiger partial charge in [-0.15, -0.1) is 0 Å². The molecule has 1 aromatic heterocycles. The Bertz CT molecular complexity index is 1140. The predicted octanol–water partition coefficient (Wildman–Crippen LogP) is 3.00. The molecule has 3 aromatic rings. The molecule has 0 fully saturated rings. The molecule has 0 spiro atoms. The highest BCUT2D eigenvalue weighted by Gasteiger charge is 2.26. The van der Waals surface area contributed by atoms with Crippen LogP contribution in [-0.2, 0) is 13.5 Å². The molecule has 0 aliphatic carbocycles. The van der Waals surface area contributed by atoms with Crippen LogP contribution in [0.3, 0.4) is 0 Å². The van der Waals surface area contributed by atoms with Crippen molar-refractivity contribution in [1.82, 2.24) is 4.57 Å². The van der Waals surface area contributed by atoms with E-state index in [0.29, 0.717) is 34.9 Å². The minimum atomic E-state index is -1.27. The molecule has 28 heavy (non-hydrogen) atoms. The van der Waals surface area contributed by atoms with E-state index < -0.39 is 18.5 Å². The van der Waals surface area contributed by atoms with Crippen LogP contribution in [0.2, 0.25) is 0 Å². The molecule has 0 amide bonds. The van der Waals surface area contributed by atoms with Gasteiger partial charge in [0.05, 0.1) is 18.9 Å². The number of fused-ring (bicyclic) bond motifs is 2. The zero-order valence-corrected chi connectivity index (χ0v) is 15.8. The fourth-order valence-corrected chi connectivity index (χ4v) is 4.16. The van der Waals surface area contributed by atoms with Crippen LogP contribution >= 0.6 is 0 Å². The molecule has 0 saturated heterocycles. The number of nitrogens with zero attached hydrogens (tertiary/aromatic N) is 1. The van der Waals surface area contributed by atoms with Crippen LogP contribution in [0.25, 0.3) is 21.9 Å². The quantitative estimate of drug-likeness (QED) is 0.729. The van der Waals surface area contributed by atoms with Gasteiger partial charge in [-0.1, -0.05) is 18.2 Å². The van der Waals surface area contributed by atoms with Gasteiger partial charge >= 0.3 is 0 Å². The Morgan fingerprint density at radius 1 is 1.29 bits per heavy atom. The summed E-state index contributed by atoms with van der Waals surface area (Å²) in [5, 5.41) is 21.2. The summed E-state index contributed by atoms with van der Waals surface area (Å²) in [6.07, 6.45) is 0.233. The molecular formula is C22H22FNO4. The first-order valence-corrected chi connectivity index (χ1v) is 9.31. The van der Waals surface area contributed by atoms with Gasteiger partial charge < -0.3 is 19.5 Å². The molecule has 2 N–H and O–H groups in total. The number of pyridine rings is 1. The zero-order chi connectivity index (χ0) is 20.0. The highest BCUT2D eigenvalue weighted by molar-refractivity contribution is 5.98. The third kappa shape index (κ3) is 2.72. The average molecular weight is 383 g/mol. The van der Waals surface area contributed by atoms with E-state index >= 15 is 0 Å². The summed E-state index contributed by atoms with van der Waals surface area (Å²) in [5.74, 6) is -0.177. The van der Waals surface area contributed by atoms with E-state index in [0.717, 1.165) is 17.5 Å². The number of aliphatic hydroxyl groups excluding tert-OH is 2. The van der Waals surface area contributed by atoms with Crippen molar-refractivity contribution in [2.75, 3.05) is 13.2 Å². The van der Waals surface area contributed by atoms with Crippen LogP contribution in [0.4, 0.5) is 4.39 Å². The van der Waals surface area contributed by atoms with Gasteiger partial charge in [-0.05, 0) is 48.4 Å². The van der Waals surface area contributed by atoms with Gasteiger partial charge in [0.25, 0.3) is 5.56 Å². The number of aromatic nitrogens is 1. The number of halogens is 1. The van der Waals surface area contributed by atoms with Gasteiger partial charge in [0.15, 0.2) is 11.6 Å². The molecule has 2 aromatic carbocycles. The fourth-order valence-electron chi connectivity index (χ4n) is 4.16. The molecule has 0 unspecified atom stereocenters. The van der Waals surface area contributed by atoms with E-state index in [4.69, 9.17) is 4.74 Å². The first-order chi connectivity index (χ1) is 13.5. The molecule has 0 bridgehead atoms.